The second kappa shape index (κ2) is 15.7. The lowest BCUT2D eigenvalue weighted by Gasteiger charge is -2.59. The van der Waals surface area contributed by atoms with E-state index in [0.29, 0.717) is 5.57 Å². The zero-order valence-electron chi connectivity index (χ0n) is 31.5. The average molecular weight is 737 g/mol. The number of aliphatic hydroxyl groups is 1. The van der Waals surface area contributed by atoms with Crippen LogP contribution in [0.4, 0.5) is 0 Å². The Morgan fingerprint density at radius 2 is 1.40 bits per heavy atom. The van der Waals surface area contributed by atoms with Gasteiger partial charge in [-0.3, -0.25) is 28.8 Å². The van der Waals surface area contributed by atoms with Gasteiger partial charge in [-0.05, 0) is 36.5 Å². The zero-order valence-corrected chi connectivity index (χ0v) is 31.5. The molecular formula is C37H52O15. The lowest BCUT2D eigenvalue weighted by molar-refractivity contribution is -0.280. The summed E-state index contributed by atoms with van der Waals surface area (Å²) in [5.41, 5.74) is -5.51. The van der Waals surface area contributed by atoms with Crippen LogP contribution in [0.1, 0.15) is 75.2 Å². The second-order valence-corrected chi connectivity index (χ2v) is 15.2. The van der Waals surface area contributed by atoms with Gasteiger partial charge in [0.25, 0.3) is 0 Å². The highest BCUT2D eigenvalue weighted by molar-refractivity contribution is 5.78. The summed E-state index contributed by atoms with van der Waals surface area (Å²) in [6.45, 7) is 13.3. The van der Waals surface area contributed by atoms with E-state index in [0.717, 1.165) is 13.8 Å². The molecular weight excluding hydrogens is 684 g/mol. The van der Waals surface area contributed by atoms with E-state index in [4.69, 9.17) is 37.9 Å². The van der Waals surface area contributed by atoms with E-state index in [1.165, 1.54) is 33.1 Å². The topological polar surface area (TPSA) is 200 Å². The van der Waals surface area contributed by atoms with Gasteiger partial charge in [-0.25, -0.2) is 0 Å². The second-order valence-electron chi connectivity index (χ2n) is 15.2. The Kier molecular flexibility index (Phi) is 12.3. The van der Waals surface area contributed by atoms with Crippen LogP contribution in [0.3, 0.4) is 0 Å². The summed E-state index contributed by atoms with van der Waals surface area (Å²) in [7, 11) is 1.43. The quantitative estimate of drug-likeness (QED) is 0.184. The van der Waals surface area contributed by atoms with Crippen LogP contribution in [0.5, 0.6) is 0 Å². The maximum absolute atomic E-state index is 13.5. The fourth-order valence-corrected chi connectivity index (χ4v) is 7.96. The number of esters is 6. The molecule has 2 saturated heterocycles. The third-order valence-corrected chi connectivity index (χ3v) is 10.2. The molecule has 1 saturated carbocycles. The van der Waals surface area contributed by atoms with E-state index < -0.39 is 101 Å². The van der Waals surface area contributed by atoms with Gasteiger partial charge in [-0.1, -0.05) is 40.7 Å². The molecule has 0 amide bonds. The Labute approximate surface area is 303 Å². The van der Waals surface area contributed by atoms with Crippen LogP contribution in [0.15, 0.2) is 23.8 Å². The molecule has 52 heavy (non-hydrogen) atoms. The Morgan fingerprint density at radius 1 is 0.865 bits per heavy atom. The van der Waals surface area contributed by atoms with Crippen molar-refractivity contribution in [3.05, 3.63) is 23.8 Å². The number of carbonyl (C=O) groups excluding carboxylic acids is 6. The molecule has 1 spiro atoms. The first kappa shape index (κ1) is 40.9. The van der Waals surface area contributed by atoms with Gasteiger partial charge >= 0.3 is 35.8 Å². The SMILES string of the molecule is COCC1=C[C@@H]2OC(=O)[C@H](C)[C@@]2(O)[C@@H](OC(C)=O)[C@H]2[C@@]3(CO3)[C@H](OC(=O)CC(C)C)[C@H](OC(=O)CC(C)C)[C@H](OC(C)=O)[C@]2(C)[C@@H](OC(C)=O)C=C1. The first-order valence-corrected chi connectivity index (χ1v) is 17.6. The predicted octanol–water partition coefficient (Wildman–Crippen LogP) is 2.54. The first-order valence-electron chi connectivity index (χ1n) is 17.6. The molecule has 0 unspecified atom stereocenters. The molecule has 0 aromatic heterocycles. The van der Waals surface area contributed by atoms with Crippen molar-refractivity contribution < 1.29 is 71.8 Å². The summed E-state index contributed by atoms with van der Waals surface area (Å²) in [6, 6.07) is 0. The van der Waals surface area contributed by atoms with E-state index >= 15 is 0 Å². The fourth-order valence-electron chi connectivity index (χ4n) is 7.96. The number of rotatable bonds is 11. The summed E-state index contributed by atoms with van der Waals surface area (Å²) in [5, 5.41) is 12.9. The Balaban J connectivity index is 2.15. The summed E-state index contributed by atoms with van der Waals surface area (Å²) in [5.74, 6) is -7.72. The molecule has 2 aliphatic carbocycles. The molecule has 0 aromatic rings. The smallest absolute Gasteiger partial charge is 0.312 e. The third-order valence-electron chi connectivity index (χ3n) is 10.2. The molecule has 1 N–H and O–H groups in total. The van der Waals surface area contributed by atoms with Gasteiger partial charge in [-0.2, -0.15) is 0 Å². The van der Waals surface area contributed by atoms with Crippen molar-refractivity contribution in [2.45, 2.75) is 123 Å². The molecule has 2 aliphatic heterocycles. The first-order chi connectivity index (χ1) is 24.2. The third kappa shape index (κ3) is 7.91. The Morgan fingerprint density at radius 3 is 1.90 bits per heavy atom. The van der Waals surface area contributed by atoms with Gasteiger partial charge in [0.05, 0.1) is 24.5 Å². The van der Waals surface area contributed by atoms with Gasteiger partial charge in [-0.15, -0.1) is 0 Å². The molecule has 290 valence electrons. The number of fused-ring (bicyclic) bond motifs is 3. The van der Waals surface area contributed by atoms with Crippen LogP contribution < -0.4 is 0 Å². The van der Waals surface area contributed by atoms with Crippen molar-refractivity contribution in [3.63, 3.8) is 0 Å². The fraction of sp³-hybridized carbons (Fsp3) is 0.730. The van der Waals surface area contributed by atoms with E-state index in [1.54, 1.807) is 40.7 Å². The standard InChI is InChI=1S/C37H52O15/c1-18(2)13-27(41)51-29-31(48-22(7)39)35(9)25(47-21(6)38)12-11-24(16-45-10)15-26-37(44,20(5)34(43)50-26)33(49-23(8)40)30(35)36(17-46-36)32(29)52-28(42)14-19(3)4/h11-12,15,18-20,25-26,29-33,44H,13-14,16-17H2,1-10H3/t20-,25-,26-,29+,30+,31-,32+,33-,35+,36-,37-/m0/s1. The molecule has 0 radical (unpaired) electrons. The van der Waals surface area contributed by atoms with Gasteiger partial charge in [0.1, 0.15) is 17.8 Å². The highest BCUT2D eigenvalue weighted by atomic mass is 16.7. The Hall–Kier alpha value is -3.82. The number of hydrogen-bond donors (Lipinski definition) is 1. The van der Waals surface area contributed by atoms with Crippen LogP contribution in [-0.4, -0.2) is 109 Å². The van der Waals surface area contributed by atoms with E-state index in [-0.39, 0.29) is 37.9 Å². The predicted molar refractivity (Wildman–Crippen MR) is 179 cm³/mol. The number of ether oxygens (including phenoxy) is 8. The highest BCUT2D eigenvalue weighted by Gasteiger charge is 2.81. The molecule has 3 fully saturated rings. The largest absolute Gasteiger partial charge is 0.459 e. The monoisotopic (exact) mass is 736 g/mol. The van der Waals surface area contributed by atoms with Gasteiger partial charge in [0, 0.05) is 46.6 Å². The summed E-state index contributed by atoms with van der Waals surface area (Å²) in [6.07, 6.45) is -4.82. The average Bonchev–Trinajstić information content (AvgIpc) is 3.76. The van der Waals surface area contributed by atoms with E-state index in [2.05, 4.69) is 0 Å². The normalized spacial score (nSPS) is 36.6. The van der Waals surface area contributed by atoms with Crippen molar-refractivity contribution in [2.24, 2.45) is 29.1 Å². The number of hydrogen-bond acceptors (Lipinski definition) is 15. The molecule has 0 aromatic carbocycles. The minimum Gasteiger partial charge on any atom is -0.459 e. The van der Waals surface area contributed by atoms with Crippen molar-refractivity contribution in [1.29, 1.82) is 0 Å². The van der Waals surface area contributed by atoms with Gasteiger partial charge in [0.15, 0.2) is 30.0 Å². The molecule has 15 heteroatoms. The van der Waals surface area contributed by atoms with Crippen LogP contribution in [-0.2, 0) is 66.7 Å². The van der Waals surface area contributed by atoms with Crippen LogP contribution in [0.25, 0.3) is 0 Å². The summed E-state index contributed by atoms with van der Waals surface area (Å²) >= 11 is 0. The number of epoxide rings is 1. The molecule has 2 heterocycles. The van der Waals surface area contributed by atoms with Crippen molar-refractivity contribution in [1.82, 2.24) is 0 Å². The molecule has 0 bridgehead atoms. The van der Waals surface area contributed by atoms with Crippen molar-refractivity contribution in [2.75, 3.05) is 20.3 Å². The number of methoxy groups -OCH3 is 1. The summed E-state index contributed by atoms with van der Waals surface area (Å²) < 4.78 is 47.7. The molecule has 15 nitrogen and oxygen atoms in total. The van der Waals surface area contributed by atoms with Crippen molar-refractivity contribution in [3.8, 4) is 0 Å². The number of carbonyl (C=O) groups is 6. The van der Waals surface area contributed by atoms with Gasteiger partial charge in [0.2, 0.25) is 0 Å². The van der Waals surface area contributed by atoms with Gasteiger partial charge < -0.3 is 43.0 Å². The van der Waals surface area contributed by atoms with Crippen molar-refractivity contribution >= 4 is 35.8 Å². The molecule has 4 rings (SSSR count). The lowest BCUT2D eigenvalue weighted by atomic mass is 9.51. The maximum atomic E-state index is 13.5. The van der Waals surface area contributed by atoms with Crippen LogP contribution in [0, 0.1) is 29.1 Å². The van der Waals surface area contributed by atoms with Crippen LogP contribution >= 0.6 is 0 Å². The Bertz CT molecular complexity index is 1480. The highest BCUT2D eigenvalue weighted by Crippen LogP contribution is 2.63. The van der Waals surface area contributed by atoms with E-state index in [1.807, 2.05) is 0 Å². The molecule has 4 aliphatic rings. The zero-order chi connectivity index (χ0) is 38.9. The van der Waals surface area contributed by atoms with E-state index in [9.17, 15) is 33.9 Å². The lowest BCUT2D eigenvalue weighted by Crippen LogP contribution is -2.76. The summed E-state index contributed by atoms with van der Waals surface area (Å²) in [4.78, 5) is 79.5. The minimum atomic E-state index is -2.34. The molecule has 11 atom stereocenters. The minimum absolute atomic E-state index is 0.0515. The van der Waals surface area contributed by atoms with Crippen LogP contribution in [0.2, 0.25) is 0 Å². The maximum Gasteiger partial charge on any atom is 0.312 e.